The van der Waals surface area contributed by atoms with Crippen molar-refractivity contribution in [3.8, 4) is 0 Å². The molecule has 6 heteroatoms. The molecule has 20 heavy (non-hydrogen) atoms. The van der Waals surface area contributed by atoms with Gasteiger partial charge < -0.3 is 0 Å². The molecule has 0 aliphatic heterocycles. The van der Waals surface area contributed by atoms with Gasteiger partial charge in [-0.3, -0.25) is 9.36 Å². The van der Waals surface area contributed by atoms with Crippen molar-refractivity contribution in [1.29, 1.82) is 0 Å². The van der Waals surface area contributed by atoms with Gasteiger partial charge in [0.1, 0.15) is 0 Å². The molecule has 0 radical (unpaired) electrons. The van der Waals surface area contributed by atoms with Gasteiger partial charge in [-0.25, -0.2) is 14.3 Å². The Hall–Kier alpha value is -2.37. The van der Waals surface area contributed by atoms with Crippen LogP contribution in [0.25, 0.3) is 16.7 Å². The van der Waals surface area contributed by atoms with Crippen LogP contribution >= 0.6 is 0 Å². The second-order valence-electron chi connectivity index (χ2n) is 5.32. The molecule has 0 amide bonds. The number of rotatable bonds is 3. The lowest BCUT2D eigenvalue weighted by Gasteiger charge is -2.10. The van der Waals surface area contributed by atoms with Crippen molar-refractivity contribution in [2.24, 2.45) is 5.92 Å². The highest BCUT2D eigenvalue weighted by Crippen LogP contribution is 2.11. The van der Waals surface area contributed by atoms with E-state index in [9.17, 15) is 9.59 Å². The number of aromatic amines is 1. The predicted molar refractivity (Wildman–Crippen MR) is 77.0 cm³/mol. The van der Waals surface area contributed by atoms with Crippen LogP contribution in [-0.4, -0.2) is 19.2 Å². The summed E-state index contributed by atoms with van der Waals surface area (Å²) in [4.78, 5) is 24.5. The molecule has 2 aromatic heterocycles. The van der Waals surface area contributed by atoms with Gasteiger partial charge in [0.25, 0.3) is 5.56 Å². The third kappa shape index (κ3) is 1.84. The molecule has 0 unspecified atom stereocenters. The lowest BCUT2D eigenvalue weighted by Crippen LogP contribution is -2.26. The first-order valence-corrected chi connectivity index (χ1v) is 6.68. The Balaban J connectivity index is 2.40. The van der Waals surface area contributed by atoms with Crippen molar-refractivity contribution in [2.75, 3.05) is 0 Å². The summed E-state index contributed by atoms with van der Waals surface area (Å²) >= 11 is 0. The van der Waals surface area contributed by atoms with Crippen molar-refractivity contribution < 1.29 is 0 Å². The molecule has 3 aromatic rings. The van der Waals surface area contributed by atoms with Gasteiger partial charge in [-0.2, -0.15) is 0 Å². The maximum absolute atomic E-state index is 12.6. The molecule has 0 bridgehead atoms. The molecule has 104 valence electrons. The number of fused-ring (bicyclic) bond motifs is 3. The Morgan fingerprint density at radius 3 is 2.75 bits per heavy atom. The van der Waals surface area contributed by atoms with Crippen LogP contribution in [0, 0.1) is 5.92 Å². The summed E-state index contributed by atoms with van der Waals surface area (Å²) < 4.78 is 3.03. The topological polar surface area (TPSA) is 72.2 Å². The standard InChI is InChI=1S/C14H16N4O2/c1-9(2)7-8-17-12(19)10-5-3-4-6-11(10)18-13(17)15-16-14(18)20/h3-6,9H,7-8H2,1-2H3,(H,16,20). The number of benzene rings is 1. The van der Waals surface area contributed by atoms with E-state index in [1.165, 1.54) is 4.40 Å². The van der Waals surface area contributed by atoms with Crippen LogP contribution in [0.15, 0.2) is 33.9 Å². The average molecular weight is 272 g/mol. The molecule has 0 aliphatic carbocycles. The molecular formula is C14H16N4O2. The molecule has 0 fully saturated rings. The van der Waals surface area contributed by atoms with Gasteiger partial charge in [-0.05, 0) is 24.5 Å². The van der Waals surface area contributed by atoms with E-state index >= 15 is 0 Å². The van der Waals surface area contributed by atoms with E-state index in [0.29, 0.717) is 29.1 Å². The van der Waals surface area contributed by atoms with Crippen molar-refractivity contribution in [1.82, 2.24) is 19.2 Å². The fourth-order valence-corrected chi connectivity index (χ4v) is 2.36. The van der Waals surface area contributed by atoms with Gasteiger partial charge in [0, 0.05) is 6.54 Å². The van der Waals surface area contributed by atoms with E-state index < -0.39 is 0 Å². The molecular weight excluding hydrogens is 256 g/mol. The average Bonchev–Trinajstić information content (AvgIpc) is 2.81. The maximum atomic E-state index is 12.6. The molecule has 3 rings (SSSR count). The summed E-state index contributed by atoms with van der Waals surface area (Å²) in [7, 11) is 0. The van der Waals surface area contributed by atoms with Gasteiger partial charge in [0.15, 0.2) is 0 Å². The van der Waals surface area contributed by atoms with Crippen LogP contribution in [0.2, 0.25) is 0 Å². The van der Waals surface area contributed by atoms with E-state index in [0.717, 1.165) is 6.42 Å². The lowest BCUT2D eigenvalue weighted by molar-refractivity contribution is 0.512. The third-order valence-electron chi connectivity index (χ3n) is 3.45. The van der Waals surface area contributed by atoms with Gasteiger partial charge >= 0.3 is 5.69 Å². The fourth-order valence-electron chi connectivity index (χ4n) is 2.36. The first kappa shape index (κ1) is 12.7. The summed E-state index contributed by atoms with van der Waals surface area (Å²) in [6.45, 7) is 4.75. The molecule has 0 atom stereocenters. The number of nitrogens with zero attached hydrogens (tertiary/aromatic N) is 3. The normalized spacial score (nSPS) is 11.8. The first-order chi connectivity index (χ1) is 9.59. The van der Waals surface area contributed by atoms with Crippen LogP contribution in [0.1, 0.15) is 20.3 Å². The van der Waals surface area contributed by atoms with E-state index in [2.05, 4.69) is 24.0 Å². The molecule has 1 aromatic carbocycles. The summed E-state index contributed by atoms with van der Waals surface area (Å²) in [5.41, 5.74) is 0.161. The number of H-pyrrole nitrogens is 1. The van der Waals surface area contributed by atoms with Crippen LogP contribution < -0.4 is 11.2 Å². The van der Waals surface area contributed by atoms with E-state index in [1.807, 2.05) is 0 Å². The zero-order valence-electron chi connectivity index (χ0n) is 11.5. The van der Waals surface area contributed by atoms with Crippen molar-refractivity contribution in [3.63, 3.8) is 0 Å². The van der Waals surface area contributed by atoms with Crippen molar-refractivity contribution >= 4 is 16.7 Å². The highest BCUT2D eigenvalue weighted by Gasteiger charge is 2.14. The van der Waals surface area contributed by atoms with Crippen LogP contribution in [0.5, 0.6) is 0 Å². The largest absolute Gasteiger partial charge is 0.349 e. The number of hydrogen-bond donors (Lipinski definition) is 1. The molecule has 6 nitrogen and oxygen atoms in total. The second kappa shape index (κ2) is 4.63. The number of hydrogen-bond acceptors (Lipinski definition) is 3. The summed E-state index contributed by atoms with van der Waals surface area (Å²) in [5, 5.41) is 6.95. The minimum absolute atomic E-state index is 0.104. The quantitative estimate of drug-likeness (QED) is 0.783. The Morgan fingerprint density at radius 2 is 2.00 bits per heavy atom. The monoisotopic (exact) mass is 272 g/mol. The second-order valence-corrected chi connectivity index (χ2v) is 5.32. The molecule has 0 saturated heterocycles. The number of aromatic nitrogens is 4. The van der Waals surface area contributed by atoms with Crippen molar-refractivity contribution in [3.05, 3.63) is 45.1 Å². The van der Waals surface area contributed by atoms with Gasteiger partial charge in [0.05, 0.1) is 10.9 Å². The smallest absolute Gasteiger partial charge is 0.276 e. The van der Waals surface area contributed by atoms with Crippen LogP contribution in [0.4, 0.5) is 0 Å². The third-order valence-corrected chi connectivity index (χ3v) is 3.45. The van der Waals surface area contributed by atoms with Crippen LogP contribution in [-0.2, 0) is 6.54 Å². The molecule has 0 spiro atoms. The highest BCUT2D eigenvalue weighted by molar-refractivity contribution is 5.79. The van der Waals surface area contributed by atoms with Gasteiger partial charge in [0.2, 0.25) is 5.78 Å². The minimum atomic E-state index is -0.325. The Morgan fingerprint density at radius 1 is 1.25 bits per heavy atom. The number of para-hydroxylation sites is 1. The Labute approximate surface area is 114 Å². The van der Waals surface area contributed by atoms with Crippen molar-refractivity contribution in [2.45, 2.75) is 26.8 Å². The molecule has 0 saturated carbocycles. The highest BCUT2D eigenvalue weighted by atomic mass is 16.2. The molecule has 0 aliphatic rings. The number of nitrogens with one attached hydrogen (secondary N) is 1. The van der Waals surface area contributed by atoms with E-state index in [-0.39, 0.29) is 11.2 Å². The van der Waals surface area contributed by atoms with Gasteiger partial charge in [-0.1, -0.05) is 26.0 Å². The Bertz CT molecular complexity index is 885. The zero-order chi connectivity index (χ0) is 14.3. The molecule has 2 heterocycles. The lowest BCUT2D eigenvalue weighted by atomic mass is 10.1. The van der Waals surface area contributed by atoms with E-state index in [4.69, 9.17) is 0 Å². The minimum Gasteiger partial charge on any atom is -0.276 e. The maximum Gasteiger partial charge on any atom is 0.349 e. The fraction of sp³-hybridized carbons (Fsp3) is 0.357. The first-order valence-electron chi connectivity index (χ1n) is 6.68. The zero-order valence-corrected chi connectivity index (χ0v) is 11.5. The van der Waals surface area contributed by atoms with E-state index in [1.54, 1.807) is 28.8 Å². The SMILES string of the molecule is CC(C)CCn1c(=O)c2ccccc2n2c(=O)[nH]nc12. The number of aryl methyl sites for hydroxylation is 1. The predicted octanol–water partition coefficient (Wildman–Crippen LogP) is 1.38. The summed E-state index contributed by atoms with van der Waals surface area (Å²) in [5.74, 6) is 0.846. The summed E-state index contributed by atoms with van der Waals surface area (Å²) in [6, 6.07) is 7.10. The van der Waals surface area contributed by atoms with Gasteiger partial charge in [-0.15, -0.1) is 5.10 Å². The Kier molecular flexibility index (Phi) is 2.93. The molecule has 1 N–H and O–H groups in total. The summed E-state index contributed by atoms with van der Waals surface area (Å²) in [6.07, 6.45) is 0.856. The van der Waals surface area contributed by atoms with Crippen LogP contribution in [0.3, 0.4) is 0 Å².